The maximum atomic E-state index is 13.7. The Labute approximate surface area is 143 Å². The zero-order valence-electron chi connectivity index (χ0n) is 13.6. The average Bonchev–Trinajstić information content (AvgIpc) is 2.45. The number of rotatable bonds is 5. The van der Waals surface area contributed by atoms with Crippen LogP contribution in [0.2, 0.25) is 0 Å². The van der Waals surface area contributed by atoms with Gasteiger partial charge in [0.15, 0.2) is 11.6 Å². The van der Waals surface area contributed by atoms with Gasteiger partial charge in [0.2, 0.25) is 10.0 Å². The standard InChI is InChI=1S/C15H23FN2O3S.ClH/c1-15(2)7-4-8-17-14(15)10-18-22(19,20)11-5-6-13(21-3)12(16)9-11;/h5-6,9,14,17-18H,4,7-8,10H2,1-3H3;1H. The molecule has 1 heterocycles. The average molecular weight is 367 g/mol. The van der Waals surface area contributed by atoms with Crippen LogP contribution in [0, 0.1) is 11.2 Å². The summed E-state index contributed by atoms with van der Waals surface area (Å²) in [5.41, 5.74) is 0.0198. The Hall–Kier alpha value is -0.890. The maximum Gasteiger partial charge on any atom is 0.240 e. The molecule has 0 saturated carbocycles. The molecule has 0 amide bonds. The lowest BCUT2D eigenvalue weighted by molar-refractivity contribution is 0.181. The second-order valence-corrected chi connectivity index (χ2v) is 8.01. The summed E-state index contributed by atoms with van der Waals surface area (Å²) < 4.78 is 45.6. The molecule has 1 aliphatic rings. The Bertz CT molecular complexity index is 638. The van der Waals surface area contributed by atoms with Crippen molar-refractivity contribution in [2.24, 2.45) is 5.41 Å². The summed E-state index contributed by atoms with van der Waals surface area (Å²) in [6.45, 7) is 5.40. The molecule has 2 N–H and O–H groups in total. The van der Waals surface area contributed by atoms with Gasteiger partial charge in [0, 0.05) is 12.6 Å². The molecule has 0 spiro atoms. The van der Waals surface area contributed by atoms with Crippen LogP contribution in [0.4, 0.5) is 4.39 Å². The molecule has 0 radical (unpaired) electrons. The minimum Gasteiger partial charge on any atom is -0.494 e. The molecule has 0 aliphatic carbocycles. The van der Waals surface area contributed by atoms with Gasteiger partial charge < -0.3 is 10.1 Å². The molecule has 132 valence electrons. The summed E-state index contributed by atoms with van der Waals surface area (Å²) in [6, 6.07) is 3.68. The van der Waals surface area contributed by atoms with E-state index < -0.39 is 15.8 Å². The van der Waals surface area contributed by atoms with Crippen LogP contribution in [0.1, 0.15) is 26.7 Å². The van der Waals surface area contributed by atoms with E-state index in [0.717, 1.165) is 25.5 Å². The second-order valence-electron chi connectivity index (χ2n) is 6.25. The number of methoxy groups -OCH3 is 1. The van der Waals surface area contributed by atoms with Gasteiger partial charge in [0.05, 0.1) is 12.0 Å². The van der Waals surface area contributed by atoms with Crippen molar-refractivity contribution in [1.29, 1.82) is 0 Å². The van der Waals surface area contributed by atoms with Crippen LogP contribution in [-0.4, -0.2) is 34.7 Å². The van der Waals surface area contributed by atoms with Gasteiger partial charge in [0.25, 0.3) is 0 Å². The summed E-state index contributed by atoms with van der Waals surface area (Å²) in [7, 11) is -2.41. The lowest BCUT2D eigenvalue weighted by Gasteiger charge is -2.39. The number of nitrogens with one attached hydrogen (secondary N) is 2. The van der Waals surface area contributed by atoms with Crippen molar-refractivity contribution in [3.05, 3.63) is 24.0 Å². The molecule has 0 aromatic heterocycles. The summed E-state index contributed by atoms with van der Waals surface area (Å²) in [5, 5.41) is 3.34. The number of hydrogen-bond donors (Lipinski definition) is 2. The number of piperidine rings is 1. The van der Waals surface area contributed by atoms with Crippen molar-refractivity contribution in [2.75, 3.05) is 20.2 Å². The van der Waals surface area contributed by atoms with Crippen LogP contribution in [0.3, 0.4) is 0 Å². The monoisotopic (exact) mass is 366 g/mol. The Morgan fingerprint density at radius 3 is 2.70 bits per heavy atom. The molecular weight excluding hydrogens is 343 g/mol. The fourth-order valence-electron chi connectivity index (χ4n) is 2.71. The summed E-state index contributed by atoms with van der Waals surface area (Å²) >= 11 is 0. The summed E-state index contributed by atoms with van der Waals surface area (Å²) in [5.74, 6) is -0.671. The van der Waals surface area contributed by atoms with Gasteiger partial charge in [-0.25, -0.2) is 17.5 Å². The first-order valence-electron chi connectivity index (χ1n) is 7.33. The van der Waals surface area contributed by atoms with Crippen LogP contribution < -0.4 is 14.8 Å². The molecule has 8 heteroatoms. The van der Waals surface area contributed by atoms with Gasteiger partial charge in [-0.1, -0.05) is 13.8 Å². The minimum absolute atomic E-state index is 0. The molecule has 0 bridgehead atoms. The van der Waals surface area contributed by atoms with Crippen LogP contribution in [0.5, 0.6) is 5.75 Å². The van der Waals surface area contributed by atoms with Gasteiger partial charge in [-0.05, 0) is 43.0 Å². The van der Waals surface area contributed by atoms with Gasteiger partial charge in [-0.2, -0.15) is 0 Å². The number of hydrogen-bond acceptors (Lipinski definition) is 4. The van der Waals surface area contributed by atoms with Crippen molar-refractivity contribution in [3.63, 3.8) is 0 Å². The third kappa shape index (κ3) is 4.79. The molecule has 1 atom stereocenters. The van der Waals surface area contributed by atoms with Crippen LogP contribution in [-0.2, 0) is 10.0 Å². The van der Waals surface area contributed by atoms with Crippen molar-refractivity contribution in [1.82, 2.24) is 10.0 Å². The third-order valence-corrected chi connectivity index (χ3v) is 5.66. The predicted octanol–water partition coefficient (Wildman–Crippen LogP) is 2.31. The molecule has 1 fully saturated rings. The Morgan fingerprint density at radius 1 is 1.43 bits per heavy atom. The largest absolute Gasteiger partial charge is 0.494 e. The van der Waals surface area contributed by atoms with E-state index in [4.69, 9.17) is 4.74 Å². The van der Waals surface area contributed by atoms with Crippen molar-refractivity contribution >= 4 is 22.4 Å². The SMILES string of the molecule is COc1ccc(S(=O)(=O)NCC2NCCCC2(C)C)cc1F.Cl. The second kappa shape index (κ2) is 7.79. The Kier molecular flexibility index (Phi) is 6.82. The maximum absolute atomic E-state index is 13.7. The van der Waals surface area contributed by atoms with Crippen LogP contribution in [0.15, 0.2) is 23.1 Å². The Balaban J connectivity index is 0.00000264. The van der Waals surface area contributed by atoms with E-state index in [1.54, 1.807) is 0 Å². The topological polar surface area (TPSA) is 67.4 Å². The molecule has 1 aliphatic heterocycles. The highest BCUT2D eigenvalue weighted by Gasteiger charge is 2.32. The highest BCUT2D eigenvalue weighted by molar-refractivity contribution is 7.89. The van der Waals surface area contributed by atoms with Crippen LogP contribution >= 0.6 is 12.4 Å². The zero-order chi connectivity index (χ0) is 16.4. The molecule has 1 saturated heterocycles. The highest BCUT2D eigenvalue weighted by atomic mass is 35.5. The fourth-order valence-corrected chi connectivity index (χ4v) is 3.77. The van der Waals surface area contributed by atoms with E-state index in [2.05, 4.69) is 23.9 Å². The van der Waals surface area contributed by atoms with E-state index in [9.17, 15) is 12.8 Å². The first-order chi connectivity index (χ1) is 10.3. The van der Waals surface area contributed by atoms with E-state index in [1.807, 2.05) is 0 Å². The summed E-state index contributed by atoms with van der Waals surface area (Å²) in [6.07, 6.45) is 2.13. The lowest BCUT2D eigenvalue weighted by atomic mass is 9.78. The normalized spacial score (nSPS) is 20.6. The smallest absolute Gasteiger partial charge is 0.240 e. The van der Waals surface area contributed by atoms with Crippen molar-refractivity contribution in [3.8, 4) is 5.75 Å². The van der Waals surface area contributed by atoms with E-state index in [0.29, 0.717) is 0 Å². The van der Waals surface area contributed by atoms with Crippen molar-refractivity contribution < 1.29 is 17.5 Å². The summed E-state index contributed by atoms with van der Waals surface area (Å²) in [4.78, 5) is -0.0978. The van der Waals surface area contributed by atoms with Gasteiger partial charge >= 0.3 is 0 Å². The number of benzene rings is 1. The molecule has 23 heavy (non-hydrogen) atoms. The van der Waals surface area contributed by atoms with E-state index >= 15 is 0 Å². The fraction of sp³-hybridized carbons (Fsp3) is 0.600. The number of sulfonamides is 1. The van der Waals surface area contributed by atoms with E-state index in [-0.39, 0.29) is 41.1 Å². The molecule has 5 nitrogen and oxygen atoms in total. The van der Waals surface area contributed by atoms with Gasteiger partial charge in [0.1, 0.15) is 0 Å². The lowest BCUT2D eigenvalue weighted by Crippen LogP contribution is -2.52. The minimum atomic E-state index is -3.74. The first kappa shape index (κ1) is 20.2. The molecular formula is C15H24ClFN2O3S. The molecule has 1 unspecified atom stereocenters. The highest BCUT2D eigenvalue weighted by Crippen LogP contribution is 2.30. The quantitative estimate of drug-likeness (QED) is 0.839. The van der Waals surface area contributed by atoms with Crippen molar-refractivity contribution in [2.45, 2.75) is 37.6 Å². The number of ether oxygens (including phenoxy) is 1. The first-order valence-corrected chi connectivity index (χ1v) is 8.81. The predicted molar refractivity (Wildman–Crippen MR) is 90.2 cm³/mol. The van der Waals surface area contributed by atoms with Gasteiger partial charge in [-0.3, -0.25) is 0 Å². The van der Waals surface area contributed by atoms with Gasteiger partial charge in [-0.15, -0.1) is 12.4 Å². The zero-order valence-corrected chi connectivity index (χ0v) is 15.2. The Morgan fingerprint density at radius 2 is 2.13 bits per heavy atom. The third-order valence-electron chi connectivity index (χ3n) is 4.24. The van der Waals surface area contributed by atoms with E-state index in [1.165, 1.54) is 19.2 Å². The molecule has 2 rings (SSSR count). The number of halogens is 2. The van der Waals surface area contributed by atoms with Crippen LogP contribution in [0.25, 0.3) is 0 Å². The molecule has 1 aromatic rings. The molecule has 1 aromatic carbocycles.